The molecule has 3 heteroatoms. The molecule has 0 N–H and O–H groups in total. The predicted molar refractivity (Wildman–Crippen MR) is 188 cm³/mol. The first-order valence-electron chi connectivity index (χ1n) is 15.9. The van der Waals surface area contributed by atoms with Crippen LogP contribution in [0.15, 0.2) is 127 Å². The highest BCUT2D eigenvalue weighted by Gasteiger charge is 2.40. The maximum absolute atomic E-state index is 2.60. The third kappa shape index (κ3) is 2.55. The van der Waals surface area contributed by atoms with Crippen LogP contribution in [-0.4, -0.2) is 14.8 Å². The summed E-state index contributed by atoms with van der Waals surface area (Å²) < 4.78 is 5.04. The number of rotatable bonds is 1. The monoisotopic (exact) mass is 571 g/mol. The van der Waals surface area contributed by atoms with Crippen molar-refractivity contribution in [3.05, 3.63) is 144 Å². The zero-order chi connectivity index (χ0) is 29.0. The molecule has 6 aromatic carbocycles. The number of nitrogens with zero attached hydrogens (tertiary/aromatic N) is 3. The lowest BCUT2D eigenvalue weighted by Crippen LogP contribution is -2.38. The highest BCUT2D eigenvalue weighted by Crippen LogP contribution is 2.51. The van der Waals surface area contributed by atoms with Crippen LogP contribution in [0.1, 0.15) is 11.5 Å². The lowest BCUT2D eigenvalue weighted by molar-refractivity contribution is 0.799. The standard InChI is InChI=1S/C42H25N3/c1-2-10-24(11-3-1)43-37-20-31-29-16-8-14-27-25-12-4-6-18-35(25)44(41(27)29)39(31)22-33(37)34-23-40-32(21-38(34)43)30-17-9-15-28-26-13-5-7-19-36(26)45(40)42(28)30/h1-23,33,37H. The summed E-state index contributed by atoms with van der Waals surface area (Å²) in [6.07, 6.45) is 5.14. The first-order valence-corrected chi connectivity index (χ1v) is 15.9. The first-order chi connectivity index (χ1) is 22.3. The molecular formula is C42H25N3. The molecule has 0 radical (unpaired) electrons. The van der Waals surface area contributed by atoms with Crippen molar-refractivity contribution in [3.63, 3.8) is 0 Å². The number of anilines is 2. The second-order valence-corrected chi connectivity index (χ2v) is 12.9. The summed E-state index contributed by atoms with van der Waals surface area (Å²) in [4.78, 5) is 2.60. The van der Waals surface area contributed by atoms with Crippen LogP contribution in [-0.2, 0) is 0 Å². The Bertz CT molecular complexity index is 3000. The first kappa shape index (κ1) is 22.7. The van der Waals surface area contributed by atoms with Crippen LogP contribution >= 0.6 is 0 Å². The fourth-order valence-electron chi connectivity index (χ4n) is 9.15. The topological polar surface area (TPSA) is 12.1 Å². The molecule has 1 aliphatic carbocycles. The highest BCUT2D eigenvalue weighted by atomic mass is 15.2. The molecule has 0 saturated carbocycles. The van der Waals surface area contributed by atoms with Crippen molar-refractivity contribution < 1.29 is 0 Å². The van der Waals surface area contributed by atoms with E-state index >= 15 is 0 Å². The molecule has 0 bridgehead atoms. The molecule has 1 aliphatic heterocycles. The van der Waals surface area contributed by atoms with E-state index in [1.807, 2.05) is 0 Å². The van der Waals surface area contributed by atoms with Crippen LogP contribution < -0.4 is 15.5 Å². The van der Waals surface area contributed by atoms with Gasteiger partial charge in [0.15, 0.2) is 0 Å². The number of fused-ring (bicyclic) bond motifs is 15. The quantitative estimate of drug-likeness (QED) is 0.192. The normalized spacial score (nSPS) is 17.6. The molecule has 3 nitrogen and oxygen atoms in total. The minimum Gasteiger partial charge on any atom is -0.333 e. The molecule has 0 spiro atoms. The van der Waals surface area contributed by atoms with Gasteiger partial charge in [-0.1, -0.05) is 97.1 Å². The Labute approximate surface area is 257 Å². The van der Waals surface area contributed by atoms with Gasteiger partial charge in [-0.2, -0.15) is 0 Å². The average Bonchev–Trinajstić information content (AvgIpc) is 3.87. The third-order valence-corrected chi connectivity index (χ3v) is 10.9. The van der Waals surface area contributed by atoms with Crippen molar-refractivity contribution in [3.8, 4) is 0 Å². The van der Waals surface area contributed by atoms with Crippen molar-refractivity contribution in [1.29, 1.82) is 0 Å². The van der Waals surface area contributed by atoms with Crippen molar-refractivity contribution in [1.82, 2.24) is 8.80 Å². The van der Waals surface area contributed by atoms with Gasteiger partial charge in [0.05, 0.1) is 39.0 Å². The van der Waals surface area contributed by atoms with Crippen molar-refractivity contribution in [2.24, 2.45) is 0 Å². The van der Waals surface area contributed by atoms with Gasteiger partial charge in [-0.3, -0.25) is 0 Å². The Kier molecular flexibility index (Phi) is 3.85. The van der Waals surface area contributed by atoms with E-state index in [9.17, 15) is 0 Å². The lowest BCUT2D eigenvalue weighted by atomic mass is 9.90. The molecule has 12 rings (SSSR count). The van der Waals surface area contributed by atoms with E-state index in [1.54, 1.807) is 0 Å². The zero-order valence-corrected chi connectivity index (χ0v) is 24.3. The average molecular weight is 572 g/mol. The number of aromatic nitrogens is 2. The summed E-state index contributed by atoms with van der Waals surface area (Å²) in [6, 6.07) is 47.5. The molecule has 0 saturated heterocycles. The molecular weight excluding hydrogens is 546 g/mol. The fourth-order valence-corrected chi connectivity index (χ4v) is 9.15. The van der Waals surface area contributed by atoms with E-state index in [4.69, 9.17) is 0 Å². The molecule has 0 amide bonds. The van der Waals surface area contributed by atoms with E-state index in [0.717, 1.165) is 0 Å². The number of hydrogen-bond donors (Lipinski definition) is 0. The zero-order valence-electron chi connectivity index (χ0n) is 24.3. The van der Waals surface area contributed by atoms with Crippen LogP contribution in [0.3, 0.4) is 0 Å². The van der Waals surface area contributed by atoms with Crippen molar-refractivity contribution in [2.45, 2.75) is 12.0 Å². The maximum atomic E-state index is 2.60. The van der Waals surface area contributed by atoms with E-state index in [0.29, 0.717) is 0 Å². The SMILES string of the molecule is C1=c2c(n3c4ccccc4c4cccc2c43)=CC2c3cc4c(cc3N(c3ccccc3)C12)c1cccc2c3ccccc3n4c21. The van der Waals surface area contributed by atoms with Gasteiger partial charge >= 0.3 is 0 Å². The lowest BCUT2D eigenvalue weighted by Gasteiger charge is -2.28. The van der Waals surface area contributed by atoms with Crippen molar-refractivity contribution in [2.75, 3.05) is 4.90 Å². The fraction of sp³-hybridized carbons (Fsp3) is 0.0476. The smallest absolute Gasteiger partial charge is 0.0637 e. The molecule has 2 atom stereocenters. The van der Waals surface area contributed by atoms with Gasteiger partial charge in [-0.25, -0.2) is 0 Å². The van der Waals surface area contributed by atoms with Gasteiger partial charge in [-0.15, -0.1) is 0 Å². The summed E-state index contributed by atoms with van der Waals surface area (Å²) in [5.74, 6) is 0.218. The molecule has 5 heterocycles. The van der Waals surface area contributed by atoms with Gasteiger partial charge in [0.2, 0.25) is 0 Å². The second kappa shape index (κ2) is 7.64. The van der Waals surface area contributed by atoms with Crippen LogP contribution in [0.4, 0.5) is 11.4 Å². The largest absolute Gasteiger partial charge is 0.333 e. The summed E-state index contributed by atoms with van der Waals surface area (Å²) in [5, 5.41) is 12.0. The maximum Gasteiger partial charge on any atom is 0.0637 e. The van der Waals surface area contributed by atoms with Gasteiger partial charge in [0.1, 0.15) is 0 Å². The van der Waals surface area contributed by atoms with Crippen LogP contribution in [0, 0.1) is 0 Å². The van der Waals surface area contributed by atoms with Gasteiger partial charge < -0.3 is 13.7 Å². The molecule has 208 valence electrons. The van der Waals surface area contributed by atoms with Gasteiger partial charge in [0.25, 0.3) is 0 Å². The van der Waals surface area contributed by atoms with Gasteiger partial charge in [0, 0.05) is 60.2 Å². The summed E-state index contributed by atoms with van der Waals surface area (Å²) >= 11 is 0. The molecule has 2 aliphatic rings. The molecule has 2 unspecified atom stereocenters. The number of benzene rings is 6. The summed E-state index contributed by atoms with van der Waals surface area (Å²) in [6.45, 7) is 0. The Morgan fingerprint density at radius 1 is 0.444 bits per heavy atom. The van der Waals surface area contributed by atoms with Gasteiger partial charge in [-0.05, 0) is 48.0 Å². The van der Waals surface area contributed by atoms with E-state index < -0.39 is 0 Å². The highest BCUT2D eigenvalue weighted by molar-refractivity contribution is 6.24. The minimum atomic E-state index is 0.187. The van der Waals surface area contributed by atoms with E-state index in [1.165, 1.54) is 92.8 Å². The molecule has 4 aromatic heterocycles. The molecule has 10 aromatic rings. The second-order valence-electron chi connectivity index (χ2n) is 12.9. The number of hydrogen-bond acceptors (Lipinski definition) is 1. The Balaban J connectivity index is 1.24. The molecule has 45 heavy (non-hydrogen) atoms. The summed E-state index contributed by atoms with van der Waals surface area (Å²) in [5.41, 5.74) is 10.5. The minimum absolute atomic E-state index is 0.187. The van der Waals surface area contributed by atoms with Crippen molar-refractivity contribution >= 4 is 88.8 Å². The third-order valence-electron chi connectivity index (χ3n) is 10.9. The Morgan fingerprint density at radius 2 is 1.04 bits per heavy atom. The predicted octanol–water partition coefficient (Wildman–Crippen LogP) is 8.71. The number of para-hydroxylation sites is 5. The Hall–Kier alpha value is -5.80. The van der Waals surface area contributed by atoms with Crippen LogP contribution in [0.5, 0.6) is 0 Å². The summed E-state index contributed by atoms with van der Waals surface area (Å²) in [7, 11) is 0. The van der Waals surface area contributed by atoms with E-state index in [-0.39, 0.29) is 12.0 Å². The van der Waals surface area contributed by atoms with Crippen LogP contribution in [0.25, 0.3) is 77.4 Å². The van der Waals surface area contributed by atoms with E-state index in [2.05, 4.69) is 153 Å². The molecule has 0 fully saturated rings. The van der Waals surface area contributed by atoms with Crippen LogP contribution in [0.2, 0.25) is 0 Å². The Morgan fingerprint density at radius 3 is 1.80 bits per heavy atom.